The number of rotatable bonds is 7. The molecular weight excluding hydrogens is 402 g/mol. The quantitative estimate of drug-likeness (QED) is 0.569. The number of aromatic nitrogens is 3. The van der Waals surface area contributed by atoms with Crippen LogP contribution in [-0.2, 0) is 11.3 Å². The highest BCUT2D eigenvalue weighted by atomic mass is 16.5. The van der Waals surface area contributed by atoms with Crippen molar-refractivity contribution in [2.45, 2.75) is 65.6 Å². The molecule has 7 heteroatoms. The first-order valence-electron chi connectivity index (χ1n) is 11.6. The summed E-state index contributed by atoms with van der Waals surface area (Å²) in [6.07, 6.45) is 6.12. The summed E-state index contributed by atoms with van der Waals surface area (Å²) in [6, 6.07) is 6.58. The minimum absolute atomic E-state index is 0.0626. The van der Waals surface area contributed by atoms with Gasteiger partial charge in [0.05, 0.1) is 28.9 Å². The van der Waals surface area contributed by atoms with Crippen LogP contribution in [-0.4, -0.2) is 39.9 Å². The molecule has 170 valence electrons. The van der Waals surface area contributed by atoms with Gasteiger partial charge in [0, 0.05) is 32.0 Å². The van der Waals surface area contributed by atoms with Gasteiger partial charge >= 0.3 is 0 Å². The molecule has 1 fully saturated rings. The Morgan fingerprint density at radius 2 is 2.00 bits per heavy atom. The smallest absolute Gasteiger partial charge is 0.255 e. The van der Waals surface area contributed by atoms with Gasteiger partial charge in [-0.2, -0.15) is 5.10 Å². The summed E-state index contributed by atoms with van der Waals surface area (Å²) in [5.41, 5.74) is 5.70. The van der Waals surface area contributed by atoms with E-state index in [4.69, 9.17) is 4.74 Å². The van der Waals surface area contributed by atoms with Crippen molar-refractivity contribution in [1.29, 1.82) is 0 Å². The molecule has 0 spiro atoms. The first kappa shape index (κ1) is 22.3. The number of ether oxygens (including phenoxy) is 1. The Balaban J connectivity index is 1.69. The van der Waals surface area contributed by atoms with Crippen molar-refractivity contribution in [2.75, 3.05) is 18.5 Å². The van der Waals surface area contributed by atoms with Gasteiger partial charge in [-0.1, -0.05) is 30.7 Å². The molecule has 0 radical (unpaired) electrons. The highest BCUT2D eigenvalue weighted by Crippen LogP contribution is 2.29. The largest absolute Gasteiger partial charge is 0.381 e. The molecule has 0 saturated carbocycles. The molecule has 1 aromatic carbocycles. The topological polar surface area (TPSA) is 81.1 Å². The molecule has 3 heterocycles. The summed E-state index contributed by atoms with van der Waals surface area (Å²) in [5.74, 6) is -0.119. The molecular formula is C25H33N5O2. The lowest BCUT2D eigenvalue weighted by Crippen LogP contribution is -2.32. The van der Waals surface area contributed by atoms with Crippen molar-refractivity contribution in [1.82, 2.24) is 20.1 Å². The van der Waals surface area contributed by atoms with E-state index >= 15 is 0 Å². The van der Waals surface area contributed by atoms with Crippen LogP contribution in [0.5, 0.6) is 0 Å². The van der Waals surface area contributed by atoms with Gasteiger partial charge in [0.25, 0.3) is 5.91 Å². The standard InChI is InChI=1S/C25H33N5O2/c1-5-22(19-13-16(3)7-8-17(19)4)29-25(31)21-14-26-24-20(15-27-30(24)6-2)23(21)28-18-9-11-32-12-10-18/h7-8,13-15,18,22H,5-6,9-12H2,1-4H3,(H,26,28)(H,29,31)/t22-/m1/s1. The Morgan fingerprint density at radius 1 is 1.22 bits per heavy atom. The molecule has 0 bridgehead atoms. The maximum atomic E-state index is 13.5. The van der Waals surface area contributed by atoms with Crippen LogP contribution in [0.2, 0.25) is 0 Å². The second-order valence-corrected chi connectivity index (χ2v) is 8.57. The molecule has 7 nitrogen and oxygen atoms in total. The average Bonchev–Trinajstić information content (AvgIpc) is 3.23. The molecule has 1 saturated heterocycles. The molecule has 0 aliphatic carbocycles. The minimum Gasteiger partial charge on any atom is -0.381 e. The van der Waals surface area contributed by atoms with E-state index in [0.29, 0.717) is 5.56 Å². The van der Waals surface area contributed by atoms with Gasteiger partial charge in [-0.3, -0.25) is 4.79 Å². The molecule has 1 amide bonds. The Labute approximate surface area is 189 Å². The van der Waals surface area contributed by atoms with Gasteiger partial charge < -0.3 is 15.4 Å². The van der Waals surface area contributed by atoms with Gasteiger partial charge in [0.1, 0.15) is 0 Å². The zero-order valence-electron chi connectivity index (χ0n) is 19.4. The summed E-state index contributed by atoms with van der Waals surface area (Å²) in [5, 5.41) is 12.2. The van der Waals surface area contributed by atoms with Crippen LogP contribution in [0.1, 0.15) is 66.2 Å². The van der Waals surface area contributed by atoms with E-state index in [2.05, 4.69) is 59.7 Å². The number of benzene rings is 1. The van der Waals surface area contributed by atoms with Crippen LogP contribution in [0.3, 0.4) is 0 Å². The summed E-state index contributed by atoms with van der Waals surface area (Å²) in [7, 11) is 0. The molecule has 3 aromatic rings. The van der Waals surface area contributed by atoms with Crippen LogP contribution < -0.4 is 10.6 Å². The van der Waals surface area contributed by atoms with Crippen molar-refractivity contribution in [3.63, 3.8) is 0 Å². The van der Waals surface area contributed by atoms with Gasteiger partial charge in [-0.25, -0.2) is 9.67 Å². The van der Waals surface area contributed by atoms with Crippen LogP contribution in [0.25, 0.3) is 11.0 Å². The van der Waals surface area contributed by atoms with E-state index in [1.807, 2.05) is 17.8 Å². The first-order chi connectivity index (χ1) is 15.5. The number of hydrogen-bond acceptors (Lipinski definition) is 5. The Hall–Kier alpha value is -2.93. The Kier molecular flexibility index (Phi) is 6.74. The van der Waals surface area contributed by atoms with Crippen molar-refractivity contribution in [3.05, 3.63) is 52.8 Å². The molecule has 0 unspecified atom stereocenters. The monoisotopic (exact) mass is 435 g/mol. The number of nitrogens with one attached hydrogen (secondary N) is 2. The third-order valence-corrected chi connectivity index (χ3v) is 6.30. The zero-order valence-corrected chi connectivity index (χ0v) is 19.4. The van der Waals surface area contributed by atoms with E-state index in [1.54, 1.807) is 6.20 Å². The lowest BCUT2D eigenvalue weighted by molar-refractivity contribution is 0.0903. The van der Waals surface area contributed by atoms with E-state index in [0.717, 1.165) is 61.3 Å². The van der Waals surface area contributed by atoms with Gasteiger partial charge in [-0.15, -0.1) is 0 Å². The fourth-order valence-electron chi connectivity index (χ4n) is 4.40. The summed E-state index contributed by atoms with van der Waals surface area (Å²) < 4.78 is 7.37. The lowest BCUT2D eigenvalue weighted by Gasteiger charge is -2.26. The molecule has 32 heavy (non-hydrogen) atoms. The molecule has 1 atom stereocenters. The van der Waals surface area contributed by atoms with Crippen LogP contribution in [0, 0.1) is 13.8 Å². The number of aryl methyl sites for hydroxylation is 3. The van der Waals surface area contributed by atoms with Crippen molar-refractivity contribution >= 4 is 22.6 Å². The van der Waals surface area contributed by atoms with Gasteiger partial charge in [0.2, 0.25) is 0 Å². The van der Waals surface area contributed by atoms with Gasteiger partial charge in [-0.05, 0) is 51.2 Å². The minimum atomic E-state index is -0.119. The first-order valence-corrected chi connectivity index (χ1v) is 11.6. The molecule has 1 aliphatic rings. The molecule has 4 rings (SSSR count). The summed E-state index contributed by atoms with van der Waals surface area (Å²) in [6.45, 7) is 10.5. The van der Waals surface area contributed by atoms with Gasteiger partial charge in [0.15, 0.2) is 5.65 Å². The Bertz CT molecular complexity index is 1100. The number of nitrogens with zero attached hydrogens (tertiary/aromatic N) is 3. The second kappa shape index (κ2) is 9.69. The van der Waals surface area contributed by atoms with E-state index in [-0.39, 0.29) is 18.0 Å². The fraction of sp³-hybridized carbons (Fsp3) is 0.480. The molecule has 1 aliphatic heterocycles. The number of hydrogen-bond donors (Lipinski definition) is 2. The number of carbonyl (C=O) groups is 1. The predicted molar refractivity (Wildman–Crippen MR) is 127 cm³/mol. The van der Waals surface area contributed by atoms with E-state index in [1.165, 1.54) is 11.1 Å². The highest BCUT2D eigenvalue weighted by Gasteiger charge is 2.24. The lowest BCUT2D eigenvalue weighted by atomic mass is 9.97. The van der Waals surface area contributed by atoms with Crippen molar-refractivity contribution in [2.24, 2.45) is 0 Å². The normalized spacial score (nSPS) is 15.6. The van der Waals surface area contributed by atoms with Crippen molar-refractivity contribution < 1.29 is 9.53 Å². The third-order valence-electron chi connectivity index (χ3n) is 6.30. The van der Waals surface area contributed by atoms with Crippen molar-refractivity contribution in [3.8, 4) is 0 Å². The SMILES string of the molecule is CC[C@@H](NC(=O)c1cnc2c(cnn2CC)c1NC1CCOCC1)c1cc(C)ccc1C. The fourth-order valence-corrected chi connectivity index (χ4v) is 4.40. The maximum absolute atomic E-state index is 13.5. The zero-order chi connectivity index (χ0) is 22.7. The highest BCUT2D eigenvalue weighted by molar-refractivity contribution is 6.06. The summed E-state index contributed by atoms with van der Waals surface area (Å²) >= 11 is 0. The van der Waals surface area contributed by atoms with Crippen LogP contribution in [0.15, 0.2) is 30.6 Å². The number of anilines is 1. The number of pyridine rings is 1. The molecule has 2 aromatic heterocycles. The number of amides is 1. The number of fused-ring (bicyclic) bond motifs is 1. The number of carbonyl (C=O) groups excluding carboxylic acids is 1. The third kappa shape index (κ3) is 4.48. The van der Waals surface area contributed by atoms with Crippen LogP contribution >= 0.6 is 0 Å². The second-order valence-electron chi connectivity index (χ2n) is 8.57. The summed E-state index contributed by atoms with van der Waals surface area (Å²) in [4.78, 5) is 18.1. The van der Waals surface area contributed by atoms with Crippen LogP contribution in [0.4, 0.5) is 5.69 Å². The molecule has 2 N–H and O–H groups in total. The Morgan fingerprint density at radius 3 is 2.72 bits per heavy atom. The van der Waals surface area contributed by atoms with E-state index in [9.17, 15) is 4.79 Å². The maximum Gasteiger partial charge on any atom is 0.255 e. The average molecular weight is 436 g/mol. The predicted octanol–water partition coefficient (Wildman–Crippen LogP) is 4.54. The van der Waals surface area contributed by atoms with E-state index < -0.39 is 0 Å².